The fourth-order valence-electron chi connectivity index (χ4n) is 1.45. The SMILES string of the molecule is Cc1nsc(NS(=O)(=O)c2ccc(C(N)=O)cc2N)n1. The summed E-state index contributed by atoms with van der Waals surface area (Å²) in [6.07, 6.45) is 0. The number of benzene rings is 1. The molecule has 5 N–H and O–H groups in total. The summed E-state index contributed by atoms with van der Waals surface area (Å²) >= 11 is 0.919. The summed E-state index contributed by atoms with van der Waals surface area (Å²) in [4.78, 5) is 14.7. The number of nitrogens with zero attached hydrogens (tertiary/aromatic N) is 2. The molecule has 0 fully saturated rings. The summed E-state index contributed by atoms with van der Waals surface area (Å²) in [6.45, 7) is 1.64. The molecule has 10 heteroatoms. The number of nitrogen functional groups attached to an aromatic ring is 1. The molecule has 0 spiro atoms. The lowest BCUT2D eigenvalue weighted by Crippen LogP contribution is -2.16. The van der Waals surface area contributed by atoms with Crippen molar-refractivity contribution >= 4 is 38.3 Å². The number of anilines is 2. The van der Waals surface area contributed by atoms with Gasteiger partial charge in [0.15, 0.2) is 0 Å². The van der Waals surface area contributed by atoms with Crippen LogP contribution in [-0.4, -0.2) is 23.7 Å². The molecule has 1 amide bonds. The first-order valence-electron chi connectivity index (χ1n) is 5.32. The van der Waals surface area contributed by atoms with Gasteiger partial charge in [-0.2, -0.15) is 4.37 Å². The number of nitrogens with two attached hydrogens (primary N) is 2. The Morgan fingerprint density at radius 3 is 2.60 bits per heavy atom. The average molecular weight is 313 g/mol. The molecule has 0 bridgehead atoms. The van der Waals surface area contributed by atoms with E-state index in [0.29, 0.717) is 5.82 Å². The molecule has 0 aliphatic heterocycles. The van der Waals surface area contributed by atoms with Gasteiger partial charge in [-0.05, 0) is 25.1 Å². The van der Waals surface area contributed by atoms with Gasteiger partial charge < -0.3 is 11.5 Å². The fraction of sp³-hybridized carbons (Fsp3) is 0.100. The van der Waals surface area contributed by atoms with Crippen molar-refractivity contribution in [3.8, 4) is 0 Å². The summed E-state index contributed by atoms with van der Waals surface area (Å²) in [5.41, 5.74) is 10.8. The molecule has 0 radical (unpaired) electrons. The van der Waals surface area contributed by atoms with Gasteiger partial charge in [0.05, 0.1) is 5.69 Å². The molecule has 8 nitrogen and oxygen atoms in total. The Labute approximate surface area is 119 Å². The van der Waals surface area contributed by atoms with E-state index < -0.39 is 15.9 Å². The maximum atomic E-state index is 12.1. The van der Waals surface area contributed by atoms with Crippen molar-refractivity contribution in [3.05, 3.63) is 29.6 Å². The van der Waals surface area contributed by atoms with Crippen molar-refractivity contribution in [1.82, 2.24) is 9.36 Å². The number of aromatic nitrogens is 2. The number of hydrogen-bond donors (Lipinski definition) is 3. The summed E-state index contributed by atoms with van der Waals surface area (Å²) in [5, 5.41) is 0.140. The number of primary amides is 1. The number of rotatable bonds is 4. The molecule has 0 saturated heterocycles. The van der Waals surface area contributed by atoms with Gasteiger partial charge in [-0.1, -0.05) is 0 Å². The Kier molecular flexibility index (Phi) is 3.59. The predicted octanol–water partition coefficient (Wildman–Crippen LogP) is 0.328. The molecule has 2 rings (SSSR count). The predicted molar refractivity (Wildman–Crippen MR) is 74.8 cm³/mol. The van der Waals surface area contributed by atoms with Crippen molar-refractivity contribution in [2.75, 3.05) is 10.5 Å². The average Bonchev–Trinajstić information content (AvgIpc) is 2.73. The normalized spacial score (nSPS) is 11.2. The molecule has 1 heterocycles. The Hall–Kier alpha value is -2.20. The summed E-state index contributed by atoms with van der Waals surface area (Å²) < 4.78 is 30.4. The smallest absolute Gasteiger partial charge is 0.265 e. The lowest BCUT2D eigenvalue weighted by molar-refractivity contribution is 0.1000. The molecule has 2 aromatic rings. The summed E-state index contributed by atoms with van der Waals surface area (Å²) in [5.74, 6) is -0.224. The Bertz CT molecular complexity index is 769. The van der Waals surface area contributed by atoms with Gasteiger partial charge in [-0.25, -0.2) is 13.4 Å². The zero-order valence-corrected chi connectivity index (χ0v) is 12.0. The van der Waals surface area contributed by atoms with E-state index in [-0.39, 0.29) is 21.3 Å². The molecule has 0 saturated carbocycles. The molecular weight excluding hydrogens is 302 g/mol. The second-order valence-corrected chi connectivity index (χ2v) is 6.27. The fourth-order valence-corrected chi connectivity index (χ4v) is 3.37. The number of amides is 1. The molecule has 0 atom stereocenters. The van der Waals surface area contributed by atoms with Crippen LogP contribution in [-0.2, 0) is 10.0 Å². The highest BCUT2D eigenvalue weighted by Crippen LogP contribution is 2.23. The van der Waals surface area contributed by atoms with Crippen LogP contribution in [0.4, 0.5) is 10.8 Å². The van der Waals surface area contributed by atoms with Crippen LogP contribution in [0.2, 0.25) is 0 Å². The first-order chi connectivity index (χ1) is 9.29. The van der Waals surface area contributed by atoms with Crippen molar-refractivity contribution in [1.29, 1.82) is 0 Å². The van der Waals surface area contributed by atoms with Crippen molar-refractivity contribution in [2.45, 2.75) is 11.8 Å². The van der Waals surface area contributed by atoms with Gasteiger partial charge in [-0.3, -0.25) is 9.52 Å². The largest absolute Gasteiger partial charge is 0.398 e. The van der Waals surface area contributed by atoms with E-state index in [1.165, 1.54) is 18.2 Å². The first-order valence-corrected chi connectivity index (χ1v) is 7.58. The van der Waals surface area contributed by atoms with E-state index in [4.69, 9.17) is 11.5 Å². The van der Waals surface area contributed by atoms with Crippen LogP contribution in [0.25, 0.3) is 0 Å². The topological polar surface area (TPSA) is 141 Å². The molecule has 1 aromatic carbocycles. The quantitative estimate of drug-likeness (QED) is 0.694. The zero-order valence-electron chi connectivity index (χ0n) is 10.3. The molecule has 0 aliphatic rings. The minimum absolute atomic E-state index is 0.0740. The van der Waals surface area contributed by atoms with Crippen LogP contribution in [0, 0.1) is 6.92 Å². The van der Waals surface area contributed by atoms with Crippen LogP contribution in [0.15, 0.2) is 23.1 Å². The van der Waals surface area contributed by atoms with Crippen LogP contribution in [0.1, 0.15) is 16.2 Å². The van der Waals surface area contributed by atoms with E-state index >= 15 is 0 Å². The first kappa shape index (κ1) is 14.2. The highest BCUT2D eigenvalue weighted by atomic mass is 32.2. The number of sulfonamides is 1. The highest BCUT2D eigenvalue weighted by Gasteiger charge is 2.20. The van der Waals surface area contributed by atoms with Crippen LogP contribution in [0.3, 0.4) is 0 Å². The van der Waals surface area contributed by atoms with Crippen LogP contribution in [0.5, 0.6) is 0 Å². The van der Waals surface area contributed by atoms with Gasteiger partial charge in [0.2, 0.25) is 11.0 Å². The third kappa shape index (κ3) is 2.86. The number of nitrogens with one attached hydrogen (secondary N) is 1. The molecule has 0 unspecified atom stereocenters. The number of carbonyl (C=O) groups is 1. The lowest BCUT2D eigenvalue weighted by Gasteiger charge is -2.08. The summed E-state index contributed by atoms with van der Waals surface area (Å²) in [7, 11) is -3.89. The molecule has 0 aliphatic carbocycles. The second kappa shape index (κ2) is 5.06. The van der Waals surface area contributed by atoms with Gasteiger partial charge in [0, 0.05) is 17.1 Å². The Balaban J connectivity index is 2.37. The maximum Gasteiger partial charge on any atom is 0.265 e. The van der Waals surface area contributed by atoms with Crippen LogP contribution < -0.4 is 16.2 Å². The van der Waals surface area contributed by atoms with E-state index in [2.05, 4.69) is 14.1 Å². The van der Waals surface area contributed by atoms with Crippen molar-refractivity contribution in [2.24, 2.45) is 5.73 Å². The maximum absolute atomic E-state index is 12.1. The number of carbonyl (C=O) groups excluding carboxylic acids is 1. The minimum atomic E-state index is -3.89. The number of hydrogen-bond acceptors (Lipinski definition) is 7. The summed E-state index contributed by atoms with van der Waals surface area (Å²) in [6, 6.07) is 3.71. The van der Waals surface area contributed by atoms with Crippen LogP contribution >= 0.6 is 11.5 Å². The van der Waals surface area contributed by atoms with Gasteiger partial charge in [-0.15, -0.1) is 0 Å². The van der Waals surface area contributed by atoms with Gasteiger partial charge >= 0.3 is 0 Å². The third-order valence-corrected chi connectivity index (χ3v) is 4.60. The van der Waals surface area contributed by atoms with E-state index in [0.717, 1.165) is 11.5 Å². The molecular formula is C10H11N5O3S2. The van der Waals surface area contributed by atoms with Gasteiger partial charge in [0.1, 0.15) is 10.7 Å². The van der Waals surface area contributed by atoms with Crippen molar-refractivity contribution < 1.29 is 13.2 Å². The molecule has 106 valence electrons. The van der Waals surface area contributed by atoms with E-state index in [1.54, 1.807) is 6.92 Å². The number of aryl methyl sites for hydroxylation is 1. The standard InChI is InChI=1S/C10H11N5O3S2/c1-5-13-10(19-14-5)15-20(17,18)8-3-2-6(9(12)16)4-7(8)11/h2-4H,11H2,1H3,(H2,12,16)(H,13,14,15). The molecule has 20 heavy (non-hydrogen) atoms. The van der Waals surface area contributed by atoms with E-state index in [9.17, 15) is 13.2 Å². The molecule has 1 aromatic heterocycles. The van der Waals surface area contributed by atoms with E-state index in [1.807, 2.05) is 0 Å². The minimum Gasteiger partial charge on any atom is -0.398 e. The van der Waals surface area contributed by atoms with Crippen molar-refractivity contribution in [3.63, 3.8) is 0 Å². The Morgan fingerprint density at radius 2 is 2.10 bits per heavy atom. The zero-order chi connectivity index (χ0) is 14.9. The third-order valence-electron chi connectivity index (χ3n) is 2.33. The highest BCUT2D eigenvalue weighted by molar-refractivity contribution is 7.93. The van der Waals surface area contributed by atoms with Gasteiger partial charge in [0.25, 0.3) is 10.0 Å². The second-order valence-electron chi connectivity index (χ2n) is 3.87. The monoisotopic (exact) mass is 313 g/mol. The Morgan fingerprint density at radius 1 is 1.40 bits per heavy atom. The lowest BCUT2D eigenvalue weighted by atomic mass is 10.2.